The third-order valence-electron chi connectivity index (χ3n) is 4.12. The van der Waals surface area contributed by atoms with Crippen LogP contribution in [0.2, 0.25) is 0 Å². The summed E-state index contributed by atoms with van der Waals surface area (Å²) >= 11 is 0. The molecule has 2 nitrogen and oxygen atoms in total. The summed E-state index contributed by atoms with van der Waals surface area (Å²) in [6.07, 6.45) is 2.08. The molecule has 1 heterocycles. The molecule has 90 valence electrons. The van der Waals surface area contributed by atoms with Crippen LogP contribution >= 0.6 is 0 Å². The zero-order valence-electron chi connectivity index (χ0n) is 11.0. The minimum atomic E-state index is -0.624. The van der Waals surface area contributed by atoms with E-state index in [1.807, 2.05) is 6.92 Å². The lowest BCUT2D eigenvalue weighted by Crippen LogP contribution is -2.59. The molecule has 2 heteroatoms. The highest BCUT2D eigenvalue weighted by molar-refractivity contribution is 5.01. The predicted molar refractivity (Wildman–Crippen MR) is 62.8 cm³/mol. The maximum Gasteiger partial charge on any atom is 0.0719 e. The average Bonchev–Trinajstić information content (AvgIpc) is 2.08. The summed E-state index contributed by atoms with van der Waals surface area (Å²) in [6, 6.07) is 0. The smallest absolute Gasteiger partial charge is 0.0719 e. The van der Waals surface area contributed by atoms with Crippen LogP contribution in [0.4, 0.5) is 0 Å². The first-order valence-corrected chi connectivity index (χ1v) is 6.10. The van der Waals surface area contributed by atoms with Crippen LogP contribution < -0.4 is 0 Å². The van der Waals surface area contributed by atoms with Crippen molar-refractivity contribution in [1.29, 1.82) is 0 Å². The van der Waals surface area contributed by atoms with Crippen molar-refractivity contribution in [3.8, 4) is 0 Å². The van der Waals surface area contributed by atoms with E-state index in [9.17, 15) is 5.11 Å². The molecule has 0 aromatic rings. The molecular weight excluding hydrogens is 188 g/mol. The second-order valence-corrected chi connectivity index (χ2v) is 6.03. The first kappa shape index (κ1) is 13.0. The Balaban J connectivity index is 2.95. The molecule has 1 rings (SSSR count). The molecule has 15 heavy (non-hydrogen) atoms. The van der Waals surface area contributed by atoms with Gasteiger partial charge in [-0.1, -0.05) is 34.6 Å². The first-order valence-electron chi connectivity index (χ1n) is 6.10. The van der Waals surface area contributed by atoms with Crippen molar-refractivity contribution in [2.45, 2.75) is 72.2 Å². The van der Waals surface area contributed by atoms with E-state index < -0.39 is 5.60 Å². The van der Waals surface area contributed by atoms with E-state index in [0.29, 0.717) is 5.92 Å². The van der Waals surface area contributed by atoms with E-state index in [4.69, 9.17) is 4.74 Å². The number of hydrogen-bond donors (Lipinski definition) is 1. The van der Waals surface area contributed by atoms with Crippen molar-refractivity contribution < 1.29 is 9.84 Å². The lowest BCUT2D eigenvalue weighted by atomic mass is 9.64. The van der Waals surface area contributed by atoms with Gasteiger partial charge in [0, 0.05) is 11.8 Å². The van der Waals surface area contributed by atoms with Gasteiger partial charge >= 0.3 is 0 Å². The second kappa shape index (κ2) is 4.06. The van der Waals surface area contributed by atoms with Gasteiger partial charge < -0.3 is 9.84 Å². The maximum absolute atomic E-state index is 10.5. The summed E-state index contributed by atoms with van der Waals surface area (Å²) in [7, 11) is 0. The molecule has 0 bridgehead atoms. The minimum Gasteiger partial charge on any atom is -0.389 e. The number of aliphatic hydroxyl groups is 1. The van der Waals surface area contributed by atoms with Crippen molar-refractivity contribution in [1.82, 2.24) is 0 Å². The van der Waals surface area contributed by atoms with Crippen LogP contribution in [0, 0.1) is 11.3 Å². The summed E-state index contributed by atoms with van der Waals surface area (Å²) in [5, 5.41) is 10.5. The zero-order chi connectivity index (χ0) is 11.9. The van der Waals surface area contributed by atoms with Gasteiger partial charge in [0.25, 0.3) is 0 Å². The number of rotatable bonds is 2. The van der Waals surface area contributed by atoms with E-state index >= 15 is 0 Å². The Kier molecular flexibility index (Phi) is 3.52. The monoisotopic (exact) mass is 214 g/mol. The van der Waals surface area contributed by atoms with Crippen molar-refractivity contribution >= 4 is 0 Å². The molecule has 0 aliphatic carbocycles. The Morgan fingerprint density at radius 2 is 1.87 bits per heavy atom. The van der Waals surface area contributed by atoms with E-state index in [-0.39, 0.29) is 17.6 Å². The highest BCUT2D eigenvalue weighted by Crippen LogP contribution is 2.46. The molecule has 1 saturated heterocycles. The second-order valence-electron chi connectivity index (χ2n) is 6.03. The van der Waals surface area contributed by atoms with Gasteiger partial charge in [0.2, 0.25) is 0 Å². The van der Waals surface area contributed by atoms with Crippen LogP contribution in [-0.2, 0) is 4.74 Å². The van der Waals surface area contributed by atoms with Gasteiger partial charge in [-0.2, -0.15) is 0 Å². The van der Waals surface area contributed by atoms with Gasteiger partial charge in [-0.15, -0.1) is 0 Å². The van der Waals surface area contributed by atoms with E-state index in [1.54, 1.807) is 0 Å². The fourth-order valence-electron chi connectivity index (χ4n) is 2.67. The molecule has 0 saturated carbocycles. The van der Waals surface area contributed by atoms with E-state index in [0.717, 1.165) is 12.8 Å². The first-order chi connectivity index (χ1) is 6.72. The Morgan fingerprint density at radius 3 is 2.27 bits per heavy atom. The Bertz CT molecular complexity index is 219. The third kappa shape index (κ3) is 2.21. The molecule has 0 amide bonds. The maximum atomic E-state index is 10.5. The quantitative estimate of drug-likeness (QED) is 0.765. The van der Waals surface area contributed by atoms with Gasteiger partial charge in [0.1, 0.15) is 0 Å². The molecule has 0 radical (unpaired) electrons. The standard InChI is InChI=1S/C13H26O2/c1-7-10-8-13(6,14)12(4,5)11(15-10)9(2)3/h9-11,14H,7-8H2,1-6H3. The van der Waals surface area contributed by atoms with Gasteiger partial charge in [-0.05, 0) is 19.3 Å². The molecule has 1 fully saturated rings. The molecule has 0 aromatic carbocycles. The average molecular weight is 214 g/mol. The largest absolute Gasteiger partial charge is 0.389 e. The van der Waals surface area contributed by atoms with Gasteiger partial charge in [-0.25, -0.2) is 0 Å². The fraction of sp³-hybridized carbons (Fsp3) is 1.00. The lowest BCUT2D eigenvalue weighted by molar-refractivity contribution is -0.230. The van der Waals surface area contributed by atoms with Crippen LogP contribution in [0.1, 0.15) is 54.4 Å². The molecular formula is C13H26O2. The van der Waals surface area contributed by atoms with Crippen LogP contribution in [0.15, 0.2) is 0 Å². The van der Waals surface area contributed by atoms with Crippen molar-refractivity contribution in [2.24, 2.45) is 11.3 Å². The summed E-state index contributed by atoms with van der Waals surface area (Å²) in [5.41, 5.74) is -0.798. The van der Waals surface area contributed by atoms with Crippen LogP contribution in [0.25, 0.3) is 0 Å². The lowest BCUT2D eigenvalue weighted by Gasteiger charge is -2.53. The SMILES string of the molecule is CCC1CC(C)(O)C(C)(C)C(C(C)C)O1. The Morgan fingerprint density at radius 1 is 1.33 bits per heavy atom. The molecule has 0 aromatic heterocycles. The summed E-state index contributed by atoms with van der Waals surface area (Å²) < 4.78 is 6.09. The van der Waals surface area contributed by atoms with Crippen molar-refractivity contribution in [2.75, 3.05) is 0 Å². The molecule has 3 atom stereocenters. The van der Waals surface area contributed by atoms with Gasteiger partial charge in [0.15, 0.2) is 0 Å². The van der Waals surface area contributed by atoms with E-state index in [2.05, 4.69) is 34.6 Å². The Hall–Kier alpha value is -0.0800. The number of hydrogen-bond acceptors (Lipinski definition) is 2. The van der Waals surface area contributed by atoms with Gasteiger partial charge in [0.05, 0.1) is 17.8 Å². The van der Waals surface area contributed by atoms with Crippen molar-refractivity contribution in [3.63, 3.8) is 0 Å². The highest BCUT2D eigenvalue weighted by Gasteiger charge is 2.52. The normalized spacial score (nSPS) is 40.8. The predicted octanol–water partition coefficient (Wildman–Crippen LogP) is 2.99. The molecule has 1 aliphatic heterocycles. The zero-order valence-corrected chi connectivity index (χ0v) is 11.0. The third-order valence-corrected chi connectivity index (χ3v) is 4.12. The summed E-state index contributed by atoms with van der Waals surface area (Å²) in [5.74, 6) is 0.445. The topological polar surface area (TPSA) is 29.5 Å². The van der Waals surface area contributed by atoms with E-state index in [1.165, 1.54) is 0 Å². The molecule has 3 unspecified atom stereocenters. The molecule has 1 N–H and O–H groups in total. The van der Waals surface area contributed by atoms with Crippen LogP contribution in [-0.4, -0.2) is 22.9 Å². The Labute approximate surface area is 94.0 Å². The fourth-order valence-corrected chi connectivity index (χ4v) is 2.67. The van der Waals surface area contributed by atoms with Crippen LogP contribution in [0.5, 0.6) is 0 Å². The van der Waals surface area contributed by atoms with Crippen molar-refractivity contribution in [3.05, 3.63) is 0 Å². The number of ether oxygens (including phenoxy) is 1. The highest BCUT2D eigenvalue weighted by atomic mass is 16.5. The minimum absolute atomic E-state index is 0.145. The summed E-state index contributed by atoms with van der Waals surface area (Å²) in [6.45, 7) is 12.6. The summed E-state index contributed by atoms with van der Waals surface area (Å²) in [4.78, 5) is 0. The molecule has 0 spiro atoms. The molecule has 1 aliphatic rings. The van der Waals surface area contributed by atoms with Crippen LogP contribution in [0.3, 0.4) is 0 Å². The van der Waals surface area contributed by atoms with Gasteiger partial charge in [-0.3, -0.25) is 0 Å².